The number of aromatic carboxylic acids is 1. The number of carbonyl (C=O) groups is 1. The Morgan fingerprint density at radius 2 is 1.80 bits per heavy atom. The van der Waals surface area contributed by atoms with Gasteiger partial charge in [0.05, 0.1) is 5.56 Å². The predicted octanol–water partition coefficient (Wildman–Crippen LogP) is 4.00. The van der Waals surface area contributed by atoms with Crippen LogP contribution in [0.1, 0.15) is 15.9 Å². The summed E-state index contributed by atoms with van der Waals surface area (Å²) < 4.78 is 33.1. The molecule has 0 aliphatic rings. The first-order valence-electron chi connectivity index (χ1n) is 5.57. The van der Waals surface area contributed by atoms with Gasteiger partial charge in [-0.1, -0.05) is 34.1 Å². The van der Waals surface area contributed by atoms with Crippen LogP contribution in [-0.2, 0) is 6.61 Å². The molecular weight excluding hydrogens is 334 g/mol. The Bertz CT molecular complexity index is 636. The second-order valence-corrected chi connectivity index (χ2v) is 4.81. The van der Waals surface area contributed by atoms with E-state index in [1.807, 2.05) is 0 Å². The second-order valence-electron chi connectivity index (χ2n) is 3.95. The highest BCUT2D eigenvalue weighted by Gasteiger charge is 2.16. The SMILES string of the molecule is O=C(O)c1cc(F)c(OCc2ccccc2Br)c(F)c1. The van der Waals surface area contributed by atoms with E-state index in [2.05, 4.69) is 15.9 Å². The quantitative estimate of drug-likeness (QED) is 0.913. The van der Waals surface area contributed by atoms with Gasteiger partial charge >= 0.3 is 5.97 Å². The van der Waals surface area contributed by atoms with E-state index >= 15 is 0 Å². The van der Waals surface area contributed by atoms with E-state index < -0.39 is 28.9 Å². The Hall–Kier alpha value is -1.95. The minimum absolute atomic E-state index is 0.0400. The highest BCUT2D eigenvalue weighted by Crippen LogP contribution is 2.25. The van der Waals surface area contributed by atoms with E-state index in [0.29, 0.717) is 5.56 Å². The number of hydrogen-bond donors (Lipinski definition) is 1. The summed E-state index contributed by atoms with van der Waals surface area (Å²) in [5, 5.41) is 8.69. The lowest BCUT2D eigenvalue weighted by Crippen LogP contribution is -2.04. The monoisotopic (exact) mass is 342 g/mol. The third-order valence-electron chi connectivity index (χ3n) is 2.58. The third kappa shape index (κ3) is 3.14. The molecule has 0 aliphatic heterocycles. The molecule has 0 saturated heterocycles. The lowest BCUT2D eigenvalue weighted by atomic mass is 10.2. The number of rotatable bonds is 4. The van der Waals surface area contributed by atoms with E-state index in [0.717, 1.165) is 16.6 Å². The molecule has 0 radical (unpaired) electrons. The molecule has 0 unspecified atom stereocenters. The molecule has 1 N–H and O–H groups in total. The van der Waals surface area contributed by atoms with Crippen LogP contribution in [0.4, 0.5) is 8.78 Å². The minimum Gasteiger partial charge on any atom is -0.483 e. The van der Waals surface area contributed by atoms with E-state index in [-0.39, 0.29) is 6.61 Å². The number of carboxylic acid groups (broad SMARTS) is 1. The largest absolute Gasteiger partial charge is 0.483 e. The average molecular weight is 343 g/mol. The molecule has 20 heavy (non-hydrogen) atoms. The minimum atomic E-state index is -1.40. The molecule has 0 fully saturated rings. The fraction of sp³-hybridized carbons (Fsp3) is 0.0714. The number of halogens is 3. The number of hydrogen-bond acceptors (Lipinski definition) is 2. The molecule has 6 heteroatoms. The molecule has 2 rings (SSSR count). The standard InChI is InChI=1S/C14H9BrF2O3/c15-10-4-2-1-3-8(10)7-20-13-11(16)5-9(14(18)19)6-12(13)17/h1-6H,7H2,(H,18,19). The van der Waals surface area contributed by atoms with Crippen LogP contribution in [0.15, 0.2) is 40.9 Å². The molecule has 0 spiro atoms. The van der Waals surface area contributed by atoms with Gasteiger partial charge < -0.3 is 9.84 Å². The predicted molar refractivity (Wildman–Crippen MR) is 71.8 cm³/mol. The number of carboxylic acids is 1. The molecule has 0 amide bonds. The summed E-state index contributed by atoms with van der Waals surface area (Å²) in [5.74, 6) is -4.09. The summed E-state index contributed by atoms with van der Waals surface area (Å²) in [6.07, 6.45) is 0. The van der Waals surface area contributed by atoms with Gasteiger partial charge in [-0.25, -0.2) is 13.6 Å². The van der Waals surface area contributed by atoms with Gasteiger partial charge in [0.2, 0.25) is 0 Å². The van der Waals surface area contributed by atoms with Gasteiger partial charge in [-0.3, -0.25) is 0 Å². The van der Waals surface area contributed by atoms with Gasteiger partial charge in [0.25, 0.3) is 0 Å². The molecule has 2 aromatic rings. The van der Waals surface area contributed by atoms with Crippen LogP contribution in [-0.4, -0.2) is 11.1 Å². The Morgan fingerprint density at radius 1 is 1.20 bits per heavy atom. The topological polar surface area (TPSA) is 46.5 Å². The smallest absolute Gasteiger partial charge is 0.335 e. The van der Waals surface area contributed by atoms with E-state index in [9.17, 15) is 13.6 Å². The molecule has 3 nitrogen and oxygen atoms in total. The van der Waals surface area contributed by atoms with Crippen molar-refractivity contribution in [1.82, 2.24) is 0 Å². The van der Waals surface area contributed by atoms with Crippen LogP contribution in [0.25, 0.3) is 0 Å². The fourth-order valence-electron chi connectivity index (χ4n) is 1.59. The molecule has 0 bridgehead atoms. The van der Waals surface area contributed by atoms with Gasteiger partial charge in [0.1, 0.15) is 6.61 Å². The Labute approximate surface area is 121 Å². The lowest BCUT2D eigenvalue weighted by molar-refractivity contribution is 0.0695. The van der Waals surface area contributed by atoms with Crippen LogP contribution in [0.5, 0.6) is 5.75 Å². The molecule has 0 aromatic heterocycles. The summed E-state index contributed by atoms with van der Waals surface area (Å²) in [4.78, 5) is 10.7. The maximum Gasteiger partial charge on any atom is 0.335 e. The maximum absolute atomic E-state index is 13.6. The highest BCUT2D eigenvalue weighted by molar-refractivity contribution is 9.10. The Balaban J connectivity index is 2.22. The van der Waals surface area contributed by atoms with Crippen molar-refractivity contribution in [1.29, 1.82) is 0 Å². The van der Waals surface area contributed by atoms with Crippen LogP contribution in [0.3, 0.4) is 0 Å². The zero-order valence-corrected chi connectivity index (χ0v) is 11.7. The van der Waals surface area contributed by atoms with Crippen molar-refractivity contribution < 1.29 is 23.4 Å². The summed E-state index contributed by atoms with van der Waals surface area (Å²) in [6.45, 7) is -0.0400. The first-order chi connectivity index (χ1) is 9.49. The van der Waals surface area contributed by atoms with Gasteiger partial charge in [0, 0.05) is 10.0 Å². The zero-order chi connectivity index (χ0) is 14.7. The van der Waals surface area contributed by atoms with Crippen LogP contribution in [0, 0.1) is 11.6 Å². The first-order valence-corrected chi connectivity index (χ1v) is 6.37. The first kappa shape index (κ1) is 14.5. The van der Waals surface area contributed by atoms with Crippen LogP contribution in [0.2, 0.25) is 0 Å². The van der Waals surface area contributed by atoms with Crippen molar-refractivity contribution in [2.45, 2.75) is 6.61 Å². The molecule has 2 aromatic carbocycles. The molecule has 0 atom stereocenters. The van der Waals surface area contributed by atoms with Crippen molar-refractivity contribution in [3.63, 3.8) is 0 Å². The average Bonchev–Trinajstić information content (AvgIpc) is 2.39. The zero-order valence-electron chi connectivity index (χ0n) is 10.1. The maximum atomic E-state index is 13.6. The van der Waals surface area contributed by atoms with Crippen molar-refractivity contribution in [2.75, 3.05) is 0 Å². The van der Waals surface area contributed by atoms with Crippen LogP contribution < -0.4 is 4.74 Å². The van der Waals surface area contributed by atoms with Gasteiger partial charge in [0.15, 0.2) is 17.4 Å². The molecule has 0 heterocycles. The molecular formula is C14H9BrF2O3. The number of ether oxygens (including phenoxy) is 1. The van der Waals surface area contributed by atoms with E-state index in [4.69, 9.17) is 9.84 Å². The van der Waals surface area contributed by atoms with Crippen molar-refractivity contribution in [3.05, 3.63) is 63.6 Å². The molecule has 0 saturated carbocycles. The van der Waals surface area contributed by atoms with Gasteiger partial charge in [-0.05, 0) is 18.2 Å². The Kier molecular flexibility index (Phi) is 4.34. The van der Waals surface area contributed by atoms with Crippen molar-refractivity contribution >= 4 is 21.9 Å². The second kappa shape index (κ2) is 6.00. The van der Waals surface area contributed by atoms with Crippen molar-refractivity contribution in [2.24, 2.45) is 0 Å². The summed E-state index contributed by atoms with van der Waals surface area (Å²) in [6, 6.07) is 8.53. The van der Waals surface area contributed by atoms with Crippen LogP contribution >= 0.6 is 15.9 Å². The summed E-state index contributed by atoms with van der Waals surface area (Å²) in [5.41, 5.74) is 0.252. The third-order valence-corrected chi connectivity index (χ3v) is 3.35. The van der Waals surface area contributed by atoms with Gasteiger partial charge in [-0.2, -0.15) is 0 Å². The molecule has 104 valence electrons. The summed E-state index contributed by atoms with van der Waals surface area (Å²) >= 11 is 3.29. The van der Waals surface area contributed by atoms with E-state index in [1.165, 1.54) is 0 Å². The van der Waals surface area contributed by atoms with Crippen molar-refractivity contribution in [3.8, 4) is 5.75 Å². The van der Waals surface area contributed by atoms with Gasteiger partial charge in [-0.15, -0.1) is 0 Å². The fourth-order valence-corrected chi connectivity index (χ4v) is 1.99. The Morgan fingerprint density at radius 3 is 2.35 bits per heavy atom. The normalized spacial score (nSPS) is 10.3. The summed E-state index contributed by atoms with van der Waals surface area (Å²) in [7, 11) is 0. The highest BCUT2D eigenvalue weighted by atomic mass is 79.9. The number of benzene rings is 2. The van der Waals surface area contributed by atoms with E-state index in [1.54, 1.807) is 24.3 Å². The lowest BCUT2D eigenvalue weighted by Gasteiger charge is -2.10. The molecule has 0 aliphatic carbocycles.